The second kappa shape index (κ2) is 5.15. The number of anilines is 1. The summed E-state index contributed by atoms with van der Waals surface area (Å²) in [6.07, 6.45) is -4.44. The summed E-state index contributed by atoms with van der Waals surface area (Å²) in [5.41, 5.74) is 4.46. The van der Waals surface area contributed by atoms with E-state index in [1.54, 1.807) is 0 Å². The van der Waals surface area contributed by atoms with Crippen molar-refractivity contribution in [1.82, 2.24) is 0 Å². The highest BCUT2D eigenvalue weighted by Crippen LogP contribution is 2.30. The number of alkyl halides is 3. The molecule has 0 saturated heterocycles. The quantitative estimate of drug-likeness (QED) is 0.884. The summed E-state index contributed by atoms with van der Waals surface area (Å²) in [5.74, 6) is 0. The largest absolute Gasteiger partial charge is 0.416 e. The van der Waals surface area contributed by atoms with E-state index in [0.717, 1.165) is 24.3 Å². The van der Waals surface area contributed by atoms with E-state index in [0.29, 0.717) is 0 Å². The van der Waals surface area contributed by atoms with Crippen LogP contribution in [-0.2, 0) is 16.2 Å². The van der Waals surface area contributed by atoms with Crippen molar-refractivity contribution in [3.8, 4) is 0 Å². The van der Waals surface area contributed by atoms with Gasteiger partial charge in [0.1, 0.15) is 0 Å². The van der Waals surface area contributed by atoms with Gasteiger partial charge >= 0.3 is 6.18 Å². The van der Waals surface area contributed by atoms with Crippen LogP contribution in [0.15, 0.2) is 24.3 Å². The molecular formula is C10H13F3N2O2S. The average Bonchev–Trinajstić information content (AvgIpc) is 2.26. The van der Waals surface area contributed by atoms with E-state index >= 15 is 0 Å². The Morgan fingerprint density at radius 3 is 2.17 bits per heavy atom. The molecule has 4 nitrogen and oxygen atoms in total. The number of nitrogens with two attached hydrogens (primary N) is 1. The molecule has 0 heterocycles. The van der Waals surface area contributed by atoms with E-state index < -0.39 is 27.0 Å². The molecule has 0 amide bonds. The van der Waals surface area contributed by atoms with Crippen molar-refractivity contribution >= 4 is 15.7 Å². The van der Waals surface area contributed by atoms with Crippen molar-refractivity contribution < 1.29 is 21.6 Å². The smallest absolute Gasteiger partial charge is 0.329 e. The van der Waals surface area contributed by atoms with E-state index in [4.69, 9.17) is 5.73 Å². The fourth-order valence-electron chi connectivity index (χ4n) is 1.12. The fourth-order valence-corrected chi connectivity index (χ4v) is 2.04. The van der Waals surface area contributed by atoms with Gasteiger partial charge in [0.15, 0.2) is 0 Å². The van der Waals surface area contributed by atoms with E-state index in [1.165, 1.54) is 6.92 Å². The molecule has 0 aliphatic carbocycles. The van der Waals surface area contributed by atoms with Gasteiger partial charge in [0, 0.05) is 12.2 Å². The van der Waals surface area contributed by atoms with Gasteiger partial charge in [-0.25, -0.2) is 8.42 Å². The van der Waals surface area contributed by atoms with Crippen molar-refractivity contribution in [2.24, 2.45) is 5.73 Å². The second-order valence-electron chi connectivity index (χ2n) is 3.77. The maximum Gasteiger partial charge on any atom is 0.416 e. The Hall–Kier alpha value is -1.28. The van der Waals surface area contributed by atoms with Crippen molar-refractivity contribution in [2.75, 3.05) is 11.3 Å². The summed E-state index contributed by atoms with van der Waals surface area (Å²) in [6.45, 7) is 1.34. The van der Waals surface area contributed by atoms with Crippen LogP contribution in [0.25, 0.3) is 0 Å². The summed E-state index contributed by atoms with van der Waals surface area (Å²) < 4.78 is 62.2. The molecule has 0 aliphatic heterocycles. The number of halogens is 3. The molecule has 0 radical (unpaired) electrons. The molecule has 1 unspecified atom stereocenters. The monoisotopic (exact) mass is 282 g/mol. The molecular weight excluding hydrogens is 269 g/mol. The highest BCUT2D eigenvalue weighted by Gasteiger charge is 2.30. The lowest BCUT2D eigenvalue weighted by Gasteiger charge is -2.13. The standard InChI is InChI=1S/C10H13F3N2O2S/c1-7(6-14)18(16,17)15-9-4-2-8(3-5-9)10(11,12)13/h2-5,7,15H,6,14H2,1H3. The lowest BCUT2D eigenvalue weighted by atomic mass is 10.2. The van der Waals surface area contributed by atoms with Crippen LogP contribution in [-0.4, -0.2) is 20.2 Å². The van der Waals surface area contributed by atoms with E-state index in [2.05, 4.69) is 4.72 Å². The van der Waals surface area contributed by atoms with Crippen LogP contribution in [0, 0.1) is 0 Å². The lowest BCUT2D eigenvalue weighted by molar-refractivity contribution is -0.137. The molecule has 0 aliphatic rings. The predicted molar refractivity (Wildman–Crippen MR) is 62.5 cm³/mol. The number of sulfonamides is 1. The van der Waals surface area contributed by atoms with Crippen LogP contribution in [0.5, 0.6) is 0 Å². The van der Waals surface area contributed by atoms with Gasteiger partial charge in [-0.1, -0.05) is 0 Å². The number of rotatable bonds is 4. The van der Waals surface area contributed by atoms with Gasteiger partial charge in [-0.15, -0.1) is 0 Å². The van der Waals surface area contributed by atoms with Gasteiger partial charge < -0.3 is 5.73 Å². The van der Waals surface area contributed by atoms with Gasteiger partial charge in [-0.2, -0.15) is 13.2 Å². The van der Waals surface area contributed by atoms with Crippen LogP contribution in [0.4, 0.5) is 18.9 Å². The third-order valence-corrected chi connectivity index (χ3v) is 4.11. The zero-order valence-corrected chi connectivity index (χ0v) is 10.3. The zero-order valence-electron chi connectivity index (χ0n) is 9.53. The molecule has 0 saturated carbocycles. The first-order valence-corrected chi connectivity index (χ1v) is 6.60. The molecule has 0 spiro atoms. The first-order chi connectivity index (χ1) is 8.16. The summed E-state index contributed by atoms with van der Waals surface area (Å²) in [4.78, 5) is 0. The molecule has 0 aromatic heterocycles. The number of benzene rings is 1. The molecule has 1 atom stereocenters. The molecule has 8 heteroatoms. The minimum absolute atomic E-state index is 0.0725. The van der Waals surface area contributed by atoms with Gasteiger partial charge in [0.25, 0.3) is 0 Å². The highest BCUT2D eigenvalue weighted by molar-refractivity contribution is 7.93. The summed E-state index contributed by atoms with van der Waals surface area (Å²) in [6, 6.07) is 3.74. The van der Waals surface area contributed by atoms with Crippen molar-refractivity contribution in [3.63, 3.8) is 0 Å². The van der Waals surface area contributed by atoms with Crippen LogP contribution >= 0.6 is 0 Å². The summed E-state index contributed by atoms with van der Waals surface area (Å²) in [7, 11) is -3.67. The minimum Gasteiger partial charge on any atom is -0.329 e. The molecule has 1 aromatic rings. The summed E-state index contributed by atoms with van der Waals surface area (Å²) >= 11 is 0. The SMILES string of the molecule is CC(CN)S(=O)(=O)Nc1ccc(C(F)(F)F)cc1. The third kappa shape index (κ3) is 3.61. The van der Waals surface area contributed by atoms with Crippen LogP contribution in [0.3, 0.4) is 0 Å². The topological polar surface area (TPSA) is 72.2 Å². The lowest BCUT2D eigenvalue weighted by Crippen LogP contribution is -2.31. The molecule has 102 valence electrons. The van der Waals surface area contributed by atoms with Crippen LogP contribution < -0.4 is 10.5 Å². The molecule has 18 heavy (non-hydrogen) atoms. The van der Waals surface area contributed by atoms with Crippen molar-refractivity contribution in [2.45, 2.75) is 18.3 Å². The Morgan fingerprint density at radius 1 is 1.28 bits per heavy atom. The Balaban J connectivity index is 2.89. The average molecular weight is 282 g/mol. The number of nitrogens with one attached hydrogen (secondary N) is 1. The molecule has 1 rings (SSSR count). The Labute approximate surface area is 103 Å². The molecule has 3 N–H and O–H groups in total. The summed E-state index contributed by atoms with van der Waals surface area (Å²) in [5, 5.41) is -0.820. The minimum atomic E-state index is -4.44. The fraction of sp³-hybridized carbons (Fsp3) is 0.400. The Kier molecular flexibility index (Phi) is 4.23. The van der Waals surface area contributed by atoms with Gasteiger partial charge in [0.2, 0.25) is 10.0 Å². The van der Waals surface area contributed by atoms with E-state index in [9.17, 15) is 21.6 Å². The zero-order chi connectivity index (χ0) is 14.0. The predicted octanol–water partition coefficient (Wildman–Crippen LogP) is 1.79. The number of hydrogen-bond donors (Lipinski definition) is 2. The van der Waals surface area contributed by atoms with Crippen molar-refractivity contribution in [3.05, 3.63) is 29.8 Å². The normalized spacial score (nSPS) is 14.3. The number of hydrogen-bond acceptors (Lipinski definition) is 3. The maximum absolute atomic E-state index is 12.3. The first-order valence-electron chi connectivity index (χ1n) is 5.06. The van der Waals surface area contributed by atoms with Crippen LogP contribution in [0.2, 0.25) is 0 Å². The van der Waals surface area contributed by atoms with E-state index in [-0.39, 0.29) is 12.2 Å². The van der Waals surface area contributed by atoms with Crippen LogP contribution in [0.1, 0.15) is 12.5 Å². The van der Waals surface area contributed by atoms with E-state index in [1.807, 2.05) is 0 Å². The Morgan fingerprint density at radius 2 is 1.78 bits per heavy atom. The van der Waals surface area contributed by atoms with Gasteiger partial charge in [-0.05, 0) is 31.2 Å². The first kappa shape index (κ1) is 14.8. The highest BCUT2D eigenvalue weighted by atomic mass is 32.2. The van der Waals surface area contributed by atoms with Gasteiger partial charge in [-0.3, -0.25) is 4.72 Å². The maximum atomic E-state index is 12.3. The third-order valence-electron chi connectivity index (χ3n) is 2.33. The molecule has 0 bridgehead atoms. The molecule has 1 aromatic carbocycles. The second-order valence-corrected chi connectivity index (χ2v) is 5.87. The van der Waals surface area contributed by atoms with Crippen molar-refractivity contribution in [1.29, 1.82) is 0 Å². The Bertz CT molecular complexity index is 497. The molecule has 0 fully saturated rings. The van der Waals surface area contributed by atoms with Gasteiger partial charge in [0.05, 0.1) is 10.8 Å².